The van der Waals surface area contributed by atoms with Crippen molar-refractivity contribution >= 4 is 11.7 Å². The van der Waals surface area contributed by atoms with Crippen LogP contribution in [0, 0.1) is 0 Å². The quantitative estimate of drug-likeness (QED) is 0.843. The molecule has 0 bridgehead atoms. The number of hydrogen-bond donors (Lipinski definition) is 1. The third-order valence-electron chi connectivity index (χ3n) is 4.06. The molecule has 1 aliphatic rings. The summed E-state index contributed by atoms with van der Waals surface area (Å²) in [5.41, 5.74) is 0.177. The summed E-state index contributed by atoms with van der Waals surface area (Å²) >= 11 is 0. The molecule has 0 aliphatic carbocycles. The molecule has 1 unspecified atom stereocenters. The predicted octanol–water partition coefficient (Wildman–Crippen LogP) is 2.13. The van der Waals surface area contributed by atoms with Crippen LogP contribution in [0.15, 0.2) is 24.3 Å². The molecule has 1 heterocycles. The highest BCUT2D eigenvalue weighted by Crippen LogP contribution is 2.30. The molecular formula is C16H24N2O3. The van der Waals surface area contributed by atoms with Crippen molar-refractivity contribution in [1.82, 2.24) is 4.90 Å². The molecule has 1 aromatic carbocycles. The minimum atomic E-state index is -0.689. The van der Waals surface area contributed by atoms with Crippen molar-refractivity contribution in [3.05, 3.63) is 24.3 Å². The van der Waals surface area contributed by atoms with Crippen LogP contribution in [0.5, 0.6) is 5.75 Å². The Morgan fingerprint density at radius 3 is 2.71 bits per heavy atom. The van der Waals surface area contributed by atoms with E-state index in [0.717, 1.165) is 24.4 Å². The number of nitrogens with one attached hydrogen (secondary N) is 1. The van der Waals surface area contributed by atoms with E-state index in [1.807, 2.05) is 24.3 Å². The third kappa shape index (κ3) is 3.29. The van der Waals surface area contributed by atoms with E-state index in [1.165, 1.54) is 7.11 Å². The standard InChI is InChI=1S/C16H24N2O3/c1-12(2)18-9-8-16(11-18,15(19)21-4)17-13-6-5-7-14(10-13)20-3/h5-7,10,12,17H,8-9,11H2,1-4H3. The largest absolute Gasteiger partial charge is 0.497 e. The summed E-state index contributed by atoms with van der Waals surface area (Å²) in [5.74, 6) is 0.548. The Morgan fingerprint density at radius 2 is 2.14 bits per heavy atom. The molecule has 0 aromatic heterocycles. The zero-order valence-corrected chi connectivity index (χ0v) is 13.2. The number of esters is 1. The van der Waals surface area contributed by atoms with Gasteiger partial charge in [-0.15, -0.1) is 0 Å². The fourth-order valence-corrected chi connectivity index (χ4v) is 2.77. The first kappa shape index (κ1) is 15.6. The molecule has 2 rings (SSSR count). The minimum absolute atomic E-state index is 0.214. The van der Waals surface area contributed by atoms with E-state index >= 15 is 0 Å². The van der Waals surface area contributed by atoms with Crippen LogP contribution in [0.3, 0.4) is 0 Å². The van der Waals surface area contributed by atoms with Gasteiger partial charge in [-0.1, -0.05) is 6.07 Å². The number of nitrogens with zero attached hydrogens (tertiary/aromatic N) is 1. The highest BCUT2D eigenvalue weighted by Gasteiger charge is 2.46. The van der Waals surface area contributed by atoms with Crippen LogP contribution in [0.25, 0.3) is 0 Å². The molecule has 116 valence electrons. The molecule has 5 heteroatoms. The van der Waals surface area contributed by atoms with Crippen molar-refractivity contribution in [3.8, 4) is 5.75 Å². The number of benzene rings is 1. The molecule has 1 fully saturated rings. The average Bonchev–Trinajstić information content (AvgIpc) is 2.92. The van der Waals surface area contributed by atoms with Gasteiger partial charge in [0.25, 0.3) is 0 Å². The van der Waals surface area contributed by atoms with Crippen LogP contribution in [0.1, 0.15) is 20.3 Å². The maximum atomic E-state index is 12.3. The SMILES string of the molecule is COC(=O)C1(Nc2cccc(OC)c2)CCN(C(C)C)C1. The fourth-order valence-electron chi connectivity index (χ4n) is 2.77. The molecule has 1 aromatic rings. The van der Waals surface area contributed by atoms with Crippen molar-refractivity contribution in [3.63, 3.8) is 0 Å². The summed E-state index contributed by atoms with van der Waals surface area (Å²) in [6, 6.07) is 8.02. The van der Waals surface area contributed by atoms with Gasteiger partial charge >= 0.3 is 5.97 Å². The number of likely N-dealkylation sites (tertiary alicyclic amines) is 1. The molecule has 21 heavy (non-hydrogen) atoms. The topological polar surface area (TPSA) is 50.8 Å². The Hall–Kier alpha value is -1.75. The van der Waals surface area contributed by atoms with Gasteiger partial charge in [0, 0.05) is 30.9 Å². The van der Waals surface area contributed by atoms with E-state index in [1.54, 1.807) is 7.11 Å². The third-order valence-corrected chi connectivity index (χ3v) is 4.06. The van der Waals surface area contributed by atoms with Crippen LogP contribution < -0.4 is 10.1 Å². The second kappa shape index (κ2) is 6.35. The predicted molar refractivity (Wildman–Crippen MR) is 82.7 cm³/mol. The van der Waals surface area contributed by atoms with Gasteiger partial charge in [-0.05, 0) is 32.4 Å². The van der Waals surface area contributed by atoms with E-state index < -0.39 is 5.54 Å². The molecule has 0 saturated carbocycles. The van der Waals surface area contributed by atoms with Gasteiger partial charge < -0.3 is 14.8 Å². The van der Waals surface area contributed by atoms with Gasteiger partial charge in [0.15, 0.2) is 0 Å². The first-order valence-electron chi connectivity index (χ1n) is 7.25. The Morgan fingerprint density at radius 1 is 1.38 bits per heavy atom. The van der Waals surface area contributed by atoms with Gasteiger partial charge in [0.2, 0.25) is 0 Å². The molecule has 1 atom stereocenters. The van der Waals surface area contributed by atoms with E-state index in [2.05, 4.69) is 24.1 Å². The van der Waals surface area contributed by atoms with Crippen molar-refractivity contribution in [2.45, 2.75) is 31.8 Å². The number of carbonyl (C=O) groups excluding carboxylic acids is 1. The highest BCUT2D eigenvalue weighted by molar-refractivity contribution is 5.85. The van der Waals surface area contributed by atoms with E-state index in [0.29, 0.717) is 12.6 Å². The summed E-state index contributed by atoms with van der Waals surface area (Å²) < 4.78 is 10.3. The molecular weight excluding hydrogens is 268 g/mol. The van der Waals surface area contributed by atoms with Gasteiger partial charge in [-0.2, -0.15) is 0 Å². The smallest absolute Gasteiger partial charge is 0.332 e. The Labute approximate surface area is 126 Å². The van der Waals surface area contributed by atoms with Crippen LogP contribution in [-0.2, 0) is 9.53 Å². The highest BCUT2D eigenvalue weighted by atomic mass is 16.5. The number of anilines is 1. The summed E-state index contributed by atoms with van der Waals surface area (Å²) in [5, 5.41) is 3.37. The lowest BCUT2D eigenvalue weighted by atomic mass is 9.98. The van der Waals surface area contributed by atoms with Gasteiger partial charge in [-0.25, -0.2) is 4.79 Å². The molecule has 0 spiro atoms. The average molecular weight is 292 g/mol. The fraction of sp³-hybridized carbons (Fsp3) is 0.562. The first-order valence-corrected chi connectivity index (χ1v) is 7.25. The van der Waals surface area contributed by atoms with E-state index in [4.69, 9.17) is 9.47 Å². The molecule has 0 radical (unpaired) electrons. The first-order chi connectivity index (χ1) is 10.0. The number of ether oxygens (including phenoxy) is 2. The molecule has 1 saturated heterocycles. The summed E-state index contributed by atoms with van der Waals surface area (Å²) in [7, 11) is 3.07. The zero-order valence-electron chi connectivity index (χ0n) is 13.2. The van der Waals surface area contributed by atoms with E-state index in [-0.39, 0.29) is 5.97 Å². The van der Waals surface area contributed by atoms with Gasteiger partial charge in [0.1, 0.15) is 11.3 Å². The lowest BCUT2D eigenvalue weighted by Crippen LogP contribution is -2.50. The Bertz CT molecular complexity index is 504. The molecule has 5 nitrogen and oxygen atoms in total. The normalized spacial score (nSPS) is 22.3. The lowest BCUT2D eigenvalue weighted by molar-refractivity contribution is -0.145. The van der Waals surface area contributed by atoms with Crippen LogP contribution in [0.4, 0.5) is 5.69 Å². The summed E-state index contributed by atoms with van der Waals surface area (Å²) in [4.78, 5) is 14.6. The second-order valence-electron chi connectivity index (χ2n) is 5.74. The number of rotatable bonds is 5. The van der Waals surface area contributed by atoms with Gasteiger partial charge in [0.05, 0.1) is 14.2 Å². The minimum Gasteiger partial charge on any atom is -0.497 e. The van der Waals surface area contributed by atoms with Crippen molar-refractivity contribution in [1.29, 1.82) is 0 Å². The monoisotopic (exact) mass is 292 g/mol. The van der Waals surface area contributed by atoms with Crippen LogP contribution in [-0.4, -0.2) is 49.8 Å². The second-order valence-corrected chi connectivity index (χ2v) is 5.74. The maximum absolute atomic E-state index is 12.3. The van der Waals surface area contributed by atoms with Gasteiger partial charge in [-0.3, -0.25) is 4.90 Å². The van der Waals surface area contributed by atoms with Crippen LogP contribution in [0.2, 0.25) is 0 Å². The van der Waals surface area contributed by atoms with E-state index in [9.17, 15) is 4.79 Å². The van der Waals surface area contributed by atoms with Crippen molar-refractivity contribution in [2.75, 3.05) is 32.6 Å². The molecule has 1 N–H and O–H groups in total. The number of methoxy groups -OCH3 is 2. The van der Waals surface area contributed by atoms with Crippen LogP contribution >= 0.6 is 0 Å². The number of carbonyl (C=O) groups is 1. The maximum Gasteiger partial charge on any atom is 0.332 e. The lowest BCUT2D eigenvalue weighted by Gasteiger charge is -2.30. The molecule has 0 amide bonds. The Balaban J connectivity index is 2.23. The van der Waals surface area contributed by atoms with Crippen molar-refractivity contribution in [2.24, 2.45) is 0 Å². The molecule has 1 aliphatic heterocycles. The zero-order chi connectivity index (χ0) is 15.5. The Kier molecular flexibility index (Phi) is 4.73. The summed E-state index contributed by atoms with van der Waals surface area (Å²) in [6.07, 6.45) is 0.731. The number of hydrogen-bond acceptors (Lipinski definition) is 5. The van der Waals surface area contributed by atoms with Crippen molar-refractivity contribution < 1.29 is 14.3 Å². The summed E-state index contributed by atoms with van der Waals surface area (Å²) in [6.45, 7) is 5.80.